The predicted molar refractivity (Wildman–Crippen MR) is 96.3 cm³/mol. The molecule has 0 unspecified atom stereocenters. The minimum absolute atomic E-state index is 0.977. The molecule has 4 rings (SSSR count). The second-order valence-electron chi connectivity index (χ2n) is 4.29. The van der Waals surface area contributed by atoms with Gasteiger partial charge < -0.3 is 0 Å². The molecule has 0 amide bonds. The zero-order valence-electron chi connectivity index (χ0n) is 11.6. The molecular weight excluding hydrogens is 566 g/mol. The number of aromatic nitrogens is 2. The molecular formula is C18H13IN2Pt. The number of fused-ring (bicyclic) bond motifs is 3. The average Bonchev–Trinajstić information content (AvgIpc) is 2.65. The number of rotatable bonds is 0. The molecule has 0 aliphatic heterocycles. The van der Waals surface area contributed by atoms with Crippen LogP contribution in [0.2, 0.25) is 0 Å². The van der Waals surface area contributed by atoms with E-state index in [9.17, 15) is 0 Å². The maximum absolute atomic E-state index is 4.35. The van der Waals surface area contributed by atoms with Gasteiger partial charge in [0.15, 0.2) is 0 Å². The van der Waals surface area contributed by atoms with E-state index in [2.05, 4.69) is 75.8 Å². The van der Waals surface area contributed by atoms with Crippen LogP contribution in [0.1, 0.15) is 0 Å². The third-order valence-electron chi connectivity index (χ3n) is 2.95. The topological polar surface area (TPSA) is 25.8 Å². The summed E-state index contributed by atoms with van der Waals surface area (Å²) in [5, 5.41) is 2.28. The van der Waals surface area contributed by atoms with Gasteiger partial charge in [0.2, 0.25) is 0 Å². The van der Waals surface area contributed by atoms with Crippen molar-refractivity contribution in [3.8, 4) is 0 Å². The molecule has 0 radical (unpaired) electrons. The number of halogens is 1. The van der Waals surface area contributed by atoms with Crippen LogP contribution in [0.4, 0.5) is 0 Å². The minimum atomic E-state index is 0.977. The van der Waals surface area contributed by atoms with Crippen LogP contribution in [0.25, 0.3) is 21.8 Å². The smallest absolute Gasteiger partial charge is 0.0964 e. The maximum Gasteiger partial charge on any atom is 0.0964 e. The zero-order valence-corrected chi connectivity index (χ0v) is 16.0. The van der Waals surface area contributed by atoms with E-state index in [0.717, 1.165) is 21.8 Å². The van der Waals surface area contributed by atoms with Crippen LogP contribution in [-0.2, 0) is 16.1 Å². The zero-order chi connectivity index (χ0) is 15.6. The van der Waals surface area contributed by atoms with E-state index in [4.69, 9.17) is 0 Å². The molecule has 0 atom stereocenters. The molecule has 4 aromatic rings. The molecule has 4 heteroatoms. The number of nitrogens with zero attached hydrogens (tertiary/aromatic N) is 2. The summed E-state index contributed by atoms with van der Waals surface area (Å²) in [5.41, 5.74) is 1.95. The van der Waals surface area contributed by atoms with Crippen LogP contribution in [0.15, 0.2) is 79.1 Å². The van der Waals surface area contributed by atoms with Gasteiger partial charge in [0.05, 0.1) is 11.0 Å². The summed E-state index contributed by atoms with van der Waals surface area (Å²) in [7, 11) is 0. The Morgan fingerprint density at radius 3 is 1.55 bits per heavy atom. The fraction of sp³-hybridized carbons (Fsp3) is 0. The van der Waals surface area contributed by atoms with Crippen molar-refractivity contribution in [3.05, 3.63) is 85.2 Å². The Bertz CT molecular complexity index is 741. The molecule has 2 aromatic carbocycles. The Morgan fingerprint density at radius 2 is 1.18 bits per heavy atom. The average molecular weight is 579 g/mol. The Hall–Kier alpha value is -1.32. The van der Waals surface area contributed by atoms with Gasteiger partial charge in [-0.05, 0) is 12.1 Å². The predicted octanol–water partition coefficient (Wildman–Crippen LogP) is 5.15. The third-order valence-corrected chi connectivity index (χ3v) is 2.95. The van der Waals surface area contributed by atoms with Crippen molar-refractivity contribution in [1.29, 1.82) is 0 Å². The van der Waals surface area contributed by atoms with Crippen molar-refractivity contribution in [2.24, 2.45) is 0 Å². The third kappa shape index (κ3) is 4.59. The standard InChI is InChI=1S/C12H8N2.C6H5.HI.Pt/c1-3-9-5-6-10-4-2-8-14-12(10)11(9)13-7-1;1-2-4-6-5-3-1;;/h1-8H;1-5H;1H;/q;-1;;+2/p-1. The van der Waals surface area contributed by atoms with Crippen LogP contribution >= 0.6 is 19.4 Å². The molecule has 0 saturated heterocycles. The SMILES string of the molecule is [I][Pt+].[c-]1ccccc1.c1cnc2c(c1)ccc1cccnc12. The first-order valence-electron chi connectivity index (χ1n) is 6.57. The second-order valence-corrected chi connectivity index (χ2v) is 4.29. The van der Waals surface area contributed by atoms with Crippen LogP contribution in [-0.4, -0.2) is 9.97 Å². The van der Waals surface area contributed by atoms with Crippen LogP contribution < -0.4 is 0 Å². The van der Waals surface area contributed by atoms with Crippen molar-refractivity contribution < 1.29 is 16.1 Å². The van der Waals surface area contributed by atoms with Gasteiger partial charge in [-0.1, -0.05) is 24.3 Å². The fourth-order valence-corrected chi connectivity index (χ4v) is 2.02. The molecule has 0 aliphatic carbocycles. The van der Waals surface area contributed by atoms with Gasteiger partial charge in [-0.3, -0.25) is 9.97 Å². The first kappa shape index (κ1) is 17.0. The van der Waals surface area contributed by atoms with Crippen molar-refractivity contribution in [2.75, 3.05) is 0 Å². The van der Waals surface area contributed by atoms with Gasteiger partial charge in [-0.15, -0.1) is 0 Å². The molecule has 2 heterocycles. The van der Waals surface area contributed by atoms with Gasteiger partial charge in [0, 0.05) is 23.2 Å². The Labute approximate surface area is 151 Å². The second kappa shape index (κ2) is 9.65. The molecule has 2 nitrogen and oxygen atoms in total. The maximum atomic E-state index is 4.35. The van der Waals surface area contributed by atoms with Crippen LogP contribution in [0, 0.1) is 6.07 Å². The summed E-state index contributed by atoms with van der Waals surface area (Å²) in [4.78, 5) is 8.69. The number of hydrogen-bond acceptors (Lipinski definition) is 2. The van der Waals surface area contributed by atoms with Crippen LogP contribution in [0.5, 0.6) is 0 Å². The van der Waals surface area contributed by atoms with Crippen molar-refractivity contribution in [3.63, 3.8) is 0 Å². The van der Waals surface area contributed by atoms with Gasteiger partial charge in [0.25, 0.3) is 0 Å². The monoisotopic (exact) mass is 579 g/mol. The van der Waals surface area contributed by atoms with Crippen molar-refractivity contribution in [1.82, 2.24) is 9.97 Å². The van der Waals surface area contributed by atoms with Crippen LogP contribution in [0.3, 0.4) is 0 Å². The number of hydrogen-bond donors (Lipinski definition) is 0. The van der Waals surface area contributed by atoms with E-state index < -0.39 is 0 Å². The summed E-state index contributed by atoms with van der Waals surface area (Å²) in [6, 6.07) is 24.6. The molecule has 0 N–H and O–H groups in total. The van der Waals surface area contributed by atoms with E-state index in [1.165, 1.54) is 0 Å². The minimum Gasteiger partial charge on any atom is -0.254 e. The van der Waals surface area contributed by atoms with Gasteiger partial charge in [-0.2, -0.15) is 36.4 Å². The molecule has 0 fully saturated rings. The first-order valence-corrected chi connectivity index (χ1v) is 13.0. The molecule has 112 valence electrons. The number of pyridine rings is 2. The summed E-state index contributed by atoms with van der Waals surface area (Å²) in [5.74, 6) is 0. The Morgan fingerprint density at radius 1 is 0.682 bits per heavy atom. The first-order chi connectivity index (χ1) is 10.9. The van der Waals surface area contributed by atoms with Gasteiger partial charge in [0.1, 0.15) is 0 Å². The van der Waals surface area contributed by atoms with E-state index in [1.807, 2.05) is 42.5 Å². The van der Waals surface area contributed by atoms with E-state index in [-0.39, 0.29) is 0 Å². The van der Waals surface area contributed by atoms with E-state index in [1.54, 1.807) is 12.4 Å². The molecule has 22 heavy (non-hydrogen) atoms. The molecule has 0 bridgehead atoms. The normalized spacial score (nSPS) is 9.41. The molecule has 2 aromatic heterocycles. The largest absolute Gasteiger partial charge is 0.254 e. The van der Waals surface area contributed by atoms with Gasteiger partial charge >= 0.3 is 35.5 Å². The van der Waals surface area contributed by atoms with Crippen molar-refractivity contribution in [2.45, 2.75) is 0 Å². The molecule has 0 saturated carbocycles. The Balaban J connectivity index is 0.000000186. The van der Waals surface area contributed by atoms with E-state index in [0.29, 0.717) is 0 Å². The van der Waals surface area contributed by atoms with Crippen molar-refractivity contribution >= 4 is 41.2 Å². The summed E-state index contributed by atoms with van der Waals surface area (Å²) >= 11 is 4.23. The quantitative estimate of drug-likeness (QED) is 0.164. The number of benzene rings is 2. The Kier molecular flexibility index (Phi) is 7.47. The van der Waals surface area contributed by atoms with Gasteiger partial charge in [-0.25, -0.2) is 0 Å². The summed E-state index contributed by atoms with van der Waals surface area (Å²) < 4.78 is 0. The summed E-state index contributed by atoms with van der Waals surface area (Å²) in [6.45, 7) is 0. The molecule has 0 spiro atoms. The van der Waals surface area contributed by atoms with E-state index >= 15 is 0 Å². The summed E-state index contributed by atoms with van der Waals surface area (Å²) in [6.07, 6.45) is 3.60. The molecule has 0 aliphatic rings. The fourth-order valence-electron chi connectivity index (χ4n) is 2.02.